The molecule has 0 fully saturated rings. The van der Waals surface area contributed by atoms with Gasteiger partial charge in [0.05, 0.1) is 6.61 Å². The molecule has 0 spiro atoms. The molecule has 0 saturated heterocycles. The fourth-order valence-corrected chi connectivity index (χ4v) is 1.78. The molecule has 21 heavy (non-hydrogen) atoms. The van der Waals surface area contributed by atoms with Crippen LogP contribution in [-0.4, -0.2) is 18.1 Å². The van der Waals surface area contributed by atoms with Crippen LogP contribution < -0.4 is 15.4 Å². The summed E-state index contributed by atoms with van der Waals surface area (Å²) in [6.07, 6.45) is 0. The van der Waals surface area contributed by atoms with Gasteiger partial charge in [-0.25, -0.2) is 13.8 Å². The summed E-state index contributed by atoms with van der Waals surface area (Å²) in [5, 5.41) is 5.56. The number of benzene rings is 1. The molecular weight excluding hydrogens is 276 g/mol. The molecule has 2 N–H and O–H groups in total. The van der Waals surface area contributed by atoms with Gasteiger partial charge in [-0.15, -0.1) is 0 Å². The van der Waals surface area contributed by atoms with Gasteiger partial charge < -0.3 is 15.4 Å². The van der Waals surface area contributed by atoms with Crippen molar-refractivity contribution < 1.29 is 13.5 Å². The summed E-state index contributed by atoms with van der Waals surface area (Å²) in [5.74, 6) is -0.748. The minimum absolute atomic E-state index is 0.0207. The Hall–Kier alpha value is -2.37. The van der Waals surface area contributed by atoms with E-state index in [2.05, 4.69) is 15.6 Å². The molecule has 0 atom stereocenters. The molecule has 2 aromatic rings. The van der Waals surface area contributed by atoms with Crippen LogP contribution in [0.4, 0.5) is 26.1 Å². The molecule has 0 saturated carbocycles. The Morgan fingerprint density at radius 1 is 1.05 bits per heavy atom. The van der Waals surface area contributed by atoms with Gasteiger partial charge in [0.2, 0.25) is 0 Å². The van der Waals surface area contributed by atoms with Crippen LogP contribution in [0.3, 0.4) is 0 Å². The largest absolute Gasteiger partial charge is 0.494 e. The molecule has 2 rings (SSSR count). The van der Waals surface area contributed by atoms with Gasteiger partial charge in [0.15, 0.2) is 23.3 Å². The average molecular weight is 293 g/mol. The van der Waals surface area contributed by atoms with E-state index in [1.807, 2.05) is 13.8 Å². The normalized spacial score (nSPS) is 10.3. The van der Waals surface area contributed by atoms with Crippen molar-refractivity contribution in [2.45, 2.75) is 13.8 Å². The van der Waals surface area contributed by atoms with Gasteiger partial charge >= 0.3 is 0 Å². The third kappa shape index (κ3) is 3.81. The molecule has 6 heteroatoms. The molecule has 112 valence electrons. The third-order valence-corrected chi connectivity index (χ3v) is 2.70. The fraction of sp³-hybridized carbons (Fsp3) is 0.267. The van der Waals surface area contributed by atoms with E-state index in [-0.39, 0.29) is 11.6 Å². The molecule has 0 bridgehead atoms. The van der Waals surface area contributed by atoms with Gasteiger partial charge in [-0.1, -0.05) is 0 Å². The van der Waals surface area contributed by atoms with Gasteiger partial charge in [0, 0.05) is 18.3 Å². The maximum atomic E-state index is 13.7. The van der Waals surface area contributed by atoms with Gasteiger partial charge in [-0.05, 0) is 38.1 Å². The first-order valence-electron chi connectivity index (χ1n) is 6.73. The van der Waals surface area contributed by atoms with Gasteiger partial charge in [-0.3, -0.25) is 0 Å². The number of nitrogens with one attached hydrogen (secondary N) is 2. The zero-order valence-corrected chi connectivity index (χ0v) is 11.9. The number of pyridine rings is 1. The van der Waals surface area contributed by atoms with Gasteiger partial charge in [-0.2, -0.15) is 0 Å². The molecule has 1 aromatic heterocycles. The lowest BCUT2D eigenvalue weighted by molar-refractivity contribution is 0.340. The van der Waals surface area contributed by atoms with Crippen molar-refractivity contribution in [2.75, 3.05) is 23.8 Å². The molecule has 0 aliphatic carbocycles. The van der Waals surface area contributed by atoms with Crippen LogP contribution in [0.2, 0.25) is 0 Å². The van der Waals surface area contributed by atoms with Gasteiger partial charge in [0.1, 0.15) is 5.75 Å². The van der Waals surface area contributed by atoms with E-state index in [9.17, 15) is 8.78 Å². The first kappa shape index (κ1) is 15.0. The Morgan fingerprint density at radius 2 is 1.71 bits per heavy atom. The van der Waals surface area contributed by atoms with E-state index in [1.54, 1.807) is 24.3 Å². The number of hydrogen-bond acceptors (Lipinski definition) is 4. The first-order valence-corrected chi connectivity index (χ1v) is 6.73. The third-order valence-electron chi connectivity index (χ3n) is 2.70. The summed E-state index contributed by atoms with van der Waals surface area (Å²) in [5.41, 5.74) is 0.638. The summed E-state index contributed by atoms with van der Waals surface area (Å²) in [6, 6.07) is 7.81. The monoisotopic (exact) mass is 293 g/mol. The second-order valence-electron chi connectivity index (χ2n) is 4.26. The van der Waals surface area contributed by atoms with Crippen molar-refractivity contribution in [1.29, 1.82) is 0 Å². The molecule has 0 aliphatic rings. The Balaban J connectivity index is 2.20. The number of aromatic nitrogens is 1. The van der Waals surface area contributed by atoms with E-state index in [0.717, 1.165) is 11.8 Å². The lowest BCUT2D eigenvalue weighted by Crippen LogP contribution is -2.06. The molecule has 1 aromatic carbocycles. The highest BCUT2D eigenvalue weighted by Crippen LogP contribution is 2.24. The molecule has 4 nitrogen and oxygen atoms in total. The lowest BCUT2D eigenvalue weighted by Gasteiger charge is -2.11. The number of halogens is 2. The molecule has 0 radical (unpaired) electrons. The van der Waals surface area contributed by atoms with E-state index in [1.165, 1.54) is 0 Å². The van der Waals surface area contributed by atoms with E-state index in [0.29, 0.717) is 18.8 Å². The van der Waals surface area contributed by atoms with Crippen LogP contribution in [0.15, 0.2) is 30.3 Å². The molecule has 0 amide bonds. The first-order chi connectivity index (χ1) is 10.1. The molecular formula is C15H17F2N3O. The fourth-order valence-electron chi connectivity index (χ4n) is 1.78. The summed E-state index contributed by atoms with van der Waals surface area (Å²) in [7, 11) is 0. The van der Waals surface area contributed by atoms with Gasteiger partial charge in [0.25, 0.3) is 0 Å². The molecule has 0 aliphatic heterocycles. The predicted molar refractivity (Wildman–Crippen MR) is 79.2 cm³/mol. The van der Waals surface area contributed by atoms with Crippen molar-refractivity contribution in [3.05, 3.63) is 42.0 Å². The summed E-state index contributed by atoms with van der Waals surface area (Å²) < 4.78 is 32.5. The Kier molecular flexibility index (Phi) is 4.92. The number of anilines is 3. The standard InChI is InChI=1S/C15H17F2N3O/c1-3-18-14-12(16)9-13(17)15(20-14)19-10-5-7-11(8-6-10)21-4-2/h5-9H,3-4H2,1-2H3,(H2,18,19,20). The predicted octanol–water partition coefficient (Wildman–Crippen LogP) is 3.93. The topological polar surface area (TPSA) is 46.2 Å². The summed E-state index contributed by atoms with van der Waals surface area (Å²) in [4.78, 5) is 3.91. The second kappa shape index (κ2) is 6.88. The highest BCUT2D eigenvalue weighted by molar-refractivity contribution is 5.59. The Bertz CT molecular complexity index is 603. The number of nitrogens with zero attached hydrogens (tertiary/aromatic N) is 1. The highest BCUT2D eigenvalue weighted by atomic mass is 19.1. The van der Waals surface area contributed by atoms with Crippen LogP contribution in [-0.2, 0) is 0 Å². The smallest absolute Gasteiger partial charge is 0.169 e. The number of ether oxygens (including phenoxy) is 1. The van der Waals surface area contributed by atoms with Crippen LogP contribution in [0, 0.1) is 11.6 Å². The minimum Gasteiger partial charge on any atom is -0.494 e. The number of rotatable bonds is 6. The van der Waals surface area contributed by atoms with Crippen LogP contribution in [0.25, 0.3) is 0 Å². The van der Waals surface area contributed by atoms with Crippen LogP contribution in [0.5, 0.6) is 5.75 Å². The van der Waals surface area contributed by atoms with E-state index < -0.39 is 11.6 Å². The molecule has 1 heterocycles. The van der Waals surface area contributed by atoms with Crippen molar-refractivity contribution >= 4 is 17.3 Å². The van der Waals surface area contributed by atoms with Crippen molar-refractivity contribution in [3.8, 4) is 5.75 Å². The van der Waals surface area contributed by atoms with Crippen LogP contribution >= 0.6 is 0 Å². The minimum atomic E-state index is -0.747. The average Bonchev–Trinajstić information content (AvgIpc) is 2.46. The number of hydrogen-bond donors (Lipinski definition) is 2. The Morgan fingerprint density at radius 3 is 2.33 bits per heavy atom. The SMILES string of the molecule is CCNc1nc(Nc2ccc(OCC)cc2)c(F)cc1F. The van der Waals surface area contributed by atoms with Crippen molar-refractivity contribution in [2.24, 2.45) is 0 Å². The summed E-state index contributed by atoms with van der Waals surface area (Å²) >= 11 is 0. The van der Waals surface area contributed by atoms with E-state index >= 15 is 0 Å². The lowest BCUT2D eigenvalue weighted by atomic mass is 10.3. The Labute approximate surface area is 122 Å². The summed E-state index contributed by atoms with van der Waals surface area (Å²) in [6.45, 7) is 4.78. The van der Waals surface area contributed by atoms with Crippen molar-refractivity contribution in [1.82, 2.24) is 4.98 Å². The zero-order chi connectivity index (χ0) is 15.2. The quantitative estimate of drug-likeness (QED) is 0.847. The molecule has 0 unspecified atom stereocenters. The zero-order valence-electron chi connectivity index (χ0n) is 11.9. The van der Waals surface area contributed by atoms with E-state index in [4.69, 9.17) is 4.74 Å². The van der Waals surface area contributed by atoms with Crippen LogP contribution in [0.1, 0.15) is 13.8 Å². The maximum Gasteiger partial charge on any atom is 0.169 e. The maximum absolute atomic E-state index is 13.7. The second-order valence-corrected chi connectivity index (χ2v) is 4.26. The van der Waals surface area contributed by atoms with Crippen molar-refractivity contribution in [3.63, 3.8) is 0 Å². The highest BCUT2D eigenvalue weighted by Gasteiger charge is 2.11.